The summed E-state index contributed by atoms with van der Waals surface area (Å²) in [6, 6.07) is 7.13. The second-order valence-electron chi connectivity index (χ2n) is 5.29. The third-order valence-electron chi connectivity index (χ3n) is 3.23. The van der Waals surface area contributed by atoms with Crippen molar-refractivity contribution in [3.05, 3.63) is 35.4 Å². The highest BCUT2D eigenvalue weighted by molar-refractivity contribution is 5.94. The van der Waals surface area contributed by atoms with Crippen LogP contribution >= 0.6 is 0 Å². The van der Waals surface area contributed by atoms with E-state index in [1.54, 1.807) is 32.2 Å². The molecule has 1 atom stereocenters. The SMILES string of the molecule is CNC(=O)c1cccc(CCC(=O)NCC(C)CC(=O)O)c1. The summed E-state index contributed by atoms with van der Waals surface area (Å²) >= 11 is 0. The Labute approximate surface area is 129 Å². The lowest BCUT2D eigenvalue weighted by Gasteiger charge is -2.10. The van der Waals surface area contributed by atoms with Gasteiger partial charge in [-0.3, -0.25) is 14.4 Å². The minimum atomic E-state index is -0.868. The predicted octanol–water partition coefficient (Wildman–Crippen LogP) is 1.21. The summed E-state index contributed by atoms with van der Waals surface area (Å²) in [6.07, 6.45) is 0.870. The number of amides is 2. The molecule has 120 valence electrons. The predicted molar refractivity (Wildman–Crippen MR) is 82.6 cm³/mol. The van der Waals surface area contributed by atoms with Gasteiger partial charge in [-0.05, 0) is 30.0 Å². The lowest BCUT2D eigenvalue weighted by atomic mass is 10.1. The molecule has 1 aromatic carbocycles. The monoisotopic (exact) mass is 306 g/mol. The van der Waals surface area contributed by atoms with Crippen LogP contribution in [0.4, 0.5) is 0 Å². The molecule has 6 nitrogen and oxygen atoms in total. The first kappa shape index (κ1) is 17.7. The van der Waals surface area contributed by atoms with Gasteiger partial charge in [0.2, 0.25) is 5.91 Å². The Bertz CT molecular complexity index is 543. The zero-order valence-electron chi connectivity index (χ0n) is 12.9. The van der Waals surface area contributed by atoms with Crippen LogP contribution in [0.15, 0.2) is 24.3 Å². The summed E-state index contributed by atoms with van der Waals surface area (Å²) in [4.78, 5) is 33.8. The highest BCUT2D eigenvalue weighted by Crippen LogP contribution is 2.08. The standard InChI is InChI=1S/C16H22N2O4/c1-11(8-15(20)21)10-18-14(19)7-6-12-4-3-5-13(9-12)16(22)17-2/h3-5,9,11H,6-8,10H2,1-2H3,(H,17,22)(H,18,19)(H,20,21). The number of hydrogen-bond donors (Lipinski definition) is 3. The van der Waals surface area contributed by atoms with Crippen LogP contribution < -0.4 is 10.6 Å². The van der Waals surface area contributed by atoms with Gasteiger partial charge in [0.15, 0.2) is 0 Å². The number of hydrogen-bond acceptors (Lipinski definition) is 3. The molecule has 3 N–H and O–H groups in total. The summed E-state index contributed by atoms with van der Waals surface area (Å²) in [7, 11) is 1.57. The Morgan fingerprint density at radius 1 is 1.27 bits per heavy atom. The third-order valence-corrected chi connectivity index (χ3v) is 3.23. The van der Waals surface area contributed by atoms with Crippen molar-refractivity contribution in [2.24, 2.45) is 5.92 Å². The molecule has 0 bridgehead atoms. The number of aliphatic carboxylic acids is 1. The molecule has 0 heterocycles. The van der Waals surface area contributed by atoms with Crippen LogP contribution in [0.25, 0.3) is 0 Å². The van der Waals surface area contributed by atoms with E-state index in [-0.39, 0.29) is 24.2 Å². The molecule has 22 heavy (non-hydrogen) atoms. The zero-order valence-corrected chi connectivity index (χ0v) is 12.9. The summed E-state index contributed by atoms with van der Waals surface area (Å²) < 4.78 is 0. The first-order chi connectivity index (χ1) is 10.4. The van der Waals surface area contributed by atoms with Gasteiger partial charge in [0.1, 0.15) is 0 Å². The van der Waals surface area contributed by atoms with Crippen LogP contribution in [0.5, 0.6) is 0 Å². The van der Waals surface area contributed by atoms with E-state index in [0.29, 0.717) is 24.9 Å². The fourth-order valence-corrected chi connectivity index (χ4v) is 2.02. The van der Waals surface area contributed by atoms with Crippen molar-refractivity contribution >= 4 is 17.8 Å². The van der Waals surface area contributed by atoms with E-state index >= 15 is 0 Å². The van der Waals surface area contributed by atoms with Gasteiger partial charge in [0, 0.05) is 32.0 Å². The average Bonchev–Trinajstić information content (AvgIpc) is 2.49. The maximum absolute atomic E-state index is 11.7. The van der Waals surface area contributed by atoms with Crippen molar-refractivity contribution in [3.8, 4) is 0 Å². The molecular weight excluding hydrogens is 284 g/mol. The summed E-state index contributed by atoms with van der Waals surface area (Å²) in [5, 5.41) is 13.9. The molecular formula is C16H22N2O4. The number of benzene rings is 1. The number of carboxylic acid groups (broad SMARTS) is 1. The molecule has 0 fully saturated rings. The number of carbonyl (C=O) groups is 3. The van der Waals surface area contributed by atoms with E-state index in [1.165, 1.54) is 0 Å². The van der Waals surface area contributed by atoms with Crippen molar-refractivity contribution in [1.82, 2.24) is 10.6 Å². The molecule has 0 aliphatic carbocycles. The first-order valence-electron chi connectivity index (χ1n) is 7.22. The van der Waals surface area contributed by atoms with Crippen LogP contribution in [-0.4, -0.2) is 36.5 Å². The quantitative estimate of drug-likeness (QED) is 0.672. The molecule has 1 aromatic rings. The lowest BCUT2D eigenvalue weighted by Crippen LogP contribution is -2.29. The second kappa shape index (κ2) is 8.81. The van der Waals surface area contributed by atoms with Crippen LogP contribution in [0.1, 0.15) is 35.7 Å². The molecule has 1 unspecified atom stereocenters. The normalized spacial score (nSPS) is 11.5. The molecule has 0 aromatic heterocycles. The van der Waals surface area contributed by atoms with Crippen molar-refractivity contribution < 1.29 is 19.5 Å². The summed E-state index contributed by atoms with van der Waals surface area (Å²) in [5.41, 5.74) is 1.48. The minimum Gasteiger partial charge on any atom is -0.481 e. The first-order valence-corrected chi connectivity index (χ1v) is 7.22. The summed E-state index contributed by atoms with van der Waals surface area (Å²) in [6.45, 7) is 2.13. The number of carbonyl (C=O) groups excluding carboxylic acids is 2. The molecule has 6 heteroatoms. The largest absolute Gasteiger partial charge is 0.481 e. The third kappa shape index (κ3) is 6.39. The number of rotatable bonds is 8. The maximum Gasteiger partial charge on any atom is 0.303 e. The van der Waals surface area contributed by atoms with Gasteiger partial charge in [-0.25, -0.2) is 0 Å². The van der Waals surface area contributed by atoms with E-state index in [4.69, 9.17) is 5.11 Å². The van der Waals surface area contributed by atoms with Crippen molar-refractivity contribution in [3.63, 3.8) is 0 Å². The van der Waals surface area contributed by atoms with Crippen molar-refractivity contribution in [2.45, 2.75) is 26.2 Å². The fourth-order valence-electron chi connectivity index (χ4n) is 2.02. The van der Waals surface area contributed by atoms with Crippen molar-refractivity contribution in [1.29, 1.82) is 0 Å². The van der Waals surface area contributed by atoms with Crippen LogP contribution in [-0.2, 0) is 16.0 Å². The smallest absolute Gasteiger partial charge is 0.303 e. The fraction of sp³-hybridized carbons (Fsp3) is 0.438. The van der Waals surface area contributed by atoms with Gasteiger partial charge >= 0.3 is 5.97 Å². The van der Waals surface area contributed by atoms with Gasteiger partial charge in [-0.15, -0.1) is 0 Å². The van der Waals surface area contributed by atoms with E-state index in [1.807, 2.05) is 6.07 Å². The molecule has 0 radical (unpaired) electrons. The molecule has 0 saturated carbocycles. The Morgan fingerprint density at radius 3 is 2.64 bits per heavy atom. The lowest BCUT2D eigenvalue weighted by molar-refractivity contribution is -0.138. The van der Waals surface area contributed by atoms with E-state index in [9.17, 15) is 14.4 Å². The second-order valence-corrected chi connectivity index (χ2v) is 5.29. The molecule has 0 aliphatic rings. The van der Waals surface area contributed by atoms with Crippen LogP contribution in [0.2, 0.25) is 0 Å². The molecule has 0 saturated heterocycles. The van der Waals surface area contributed by atoms with Gasteiger partial charge < -0.3 is 15.7 Å². The van der Waals surface area contributed by atoms with E-state index < -0.39 is 5.97 Å². The van der Waals surface area contributed by atoms with E-state index in [2.05, 4.69) is 10.6 Å². The Hall–Kier alpha value is -2.37. The maximum atomic E-state index is 11.7. The van der Waals surface area contributed by atoms with Gasteiger partial charge in [0.05, 0.1) is 0 Å². The topological polar surface area (TPSA) is 95.5 Å². The zero-order chi connectivity index (χ0) is 16.5. The average molecular weight is 306 g/mol. The molecule has 0 spiro atoms. The Kier molecular flexibility index (Phi) is 7.08. The summed E-state index contributed by atoms with van der Waals surface area (Å²) in [5.74, 6) is -1.25. The highest BCUT2D eigenvalue weighted by Gasteiger charge is 2.10. The van der Waals surface area contributed by atoms with Crippen LogP contribution in [0.3, 0.4) is 0 Å². The number of nitrogens with one attached hydrogen (secondary N) is 2. The Morgan fingerprint density at radius 2 is 2.00 bits per heavy atom. The minimum absolute atomic E-state index is 0.0362. The Balaban J connectivity index is 2.41. The van der Waals surface area contributed by atoms with E-state index in [0.717, 1.165) is 5.56 Å². The van der Waals surface area contributed by atoms with Crippen molar-refractivity contribution in [2.75, 3.05) is 13.6 Å². The molecule has 2 amide bonds. The molecule has 1 rings (SSSR count). The number of aryl methyl sites for hydroxylation is 1. The number of carboxylic acids is 1. The molecule has 0 aliphatic heterocycles. The van der Waals surface area contributed by atoms with Gasteiger partial charge in [0.25, 0.3) is 5.91 Å². The van der Waals surface area contributed by atoms with Crippen LogP contribution in [0, 0.1) is 5.92 Å². The highest BCUT2D eigenvalue weighted by atomic mass is 16.4. The van der Waals surface area contributed by atoms with Gasteiger partial charge in [-0.2, -0.15) is 0 Å². The van der Waals surface area contributed by atoms with Gasteiger partial charge in [-0.1, -0.05) is 19.1 Å².